The second-order valence-corrected chi connectivity index (χ2v) is 3.32. The number of pyridine rings is 1. The van der Waals surface area contributed by atoms with Crippen LogP contribution >= 0.6 is 11.6 Å². The van der Waals surface area contributed by atoms with Gasteiger partial charge < -0.3 is 10.4 Å². The molecule has 0 aliphatic rings. The van der Waals surface area contributed by atoms with Crippen molar-refractivity contribution in [2.45, 2.75) is 13.0 Å². The van der Waals surface area contributed by atoms with E-state index in [1.165, 1.54) is 12.4 Å². The zero-order valence-electron chi connectivity index (χ0n) is 7.70. The molecule has 0 saturated carbocycles. The summed E-state index contributed by atoms with van der Waals surface area (Å²) in [7, 11) is 0. The zero-order valence-corrected chi connectivity index (χ0v) is 8.45. The highest BCUT2D eigenvalue weighted by molar-refractivity contribution is 6.33. The Morgan fingerprint density at radius 1 is 1.79 bits per heavy atom. The molecule has 1 heterocycles. The molecule has 1 rings (SSSR count). The average molecular weight is 215 g/mol. The number of rotatable bonds is 3. The van der Waals surface area contributed by atoms with Crippen molar-refractivity contribution in [2.24, 2.45) is 0 Å². The van der Waals surface area contributed by atoms with E-state index >= 15 is 0 Å². The molecule has 1 aromatic rings. The van der Waals surface area contributed by atoms with E-state index in [4.69, 9.17) is 16.7 Å². The SMILES string of the molecule is C[C@H](O)CNC(=O)c1cnccc1Cl. The van der Waals surface area contributed by atoms with Gasteiger partial charge in [-0.2, -0.15) is 0 Å². The van der Waals surface area contributed by atoms with Gasteiger partial charge in [-0.05, 0) is 13.0 Å². The summed E-state index contributed by atoms with van der Waals surface area (Å²) in [6, 6.07) is 1.54. The number of amides is 1. The summed E-state index contributed by atoms with van der Waals surface area (Å²) < 4.78 is 0. The maximum atomic E-state index is 11.4. The van der Waals surface area contributed by atoms with Crippen LogP contribution in [0.25, 0.3) is 0 Å². The van der Waals surface area contributed by atoms with Gasteiger partial charge in [-0.25, -0.2) is 0 Å². The highest BCUT2D eigenvalue weighted by Crippen LogP contribution is 2.12. The lowest BCUT2D eigenvalue weighted by atomic mass is 10.2. The molecule has 4 nitrogen and oxygen atoms in total. The molecule has 76 valence electrons. The smallest absolute Gasteiger partial charge is 0.254 e. The van der Waals surface area contributed by atoms with Gasteiger partial charge >= 0.3 is 0 Å². The molecule has 0 spiro atoms. The van der Waals surface area contributed by atoms with Gasteiger partial charge in [-0.1, -0.05) is 11.6 Å². The Kier molecular flexibility index (Phi) is 3.85. The summed E-state index contributed by atoms with van der Waals surface area (Å²) in [6.07, 6.45) is 2.32. The lowest BCUT2D eigenvalue weighted by Gasteiger charge is -2.07. The van der Waals surface area contributed by atoms with Gasteiger partial charge in [0.25, 0.3) is 5.91 Å². The number of aliphatic hydroxyl groups is 1. The van der Waals surface area contributed by atoms with Crippen LogP contribution in [0.2, 0.25) is 5.02 Å². The summed E-state index contributed by atoms with van der Waals surface area (Å²) in [6.45, 7) is 1.79. The number of nitrogens with one attached hydrogen (secondary N) is 1. The molecule has 0 aliphatic heterocycles. The van der Waals surface area contributed by atoms with E-state index in [1.807, 2.05) is 0 Å². The summed E-state index contributed by atoms with van der Waals surface area (Å²) in [4.78, 5) is 15.2. The molecule has 0 bridgehead atoms. The van der Waals surface area contributed by atoms with Gasteiger partial charge in [-0.3, -0.25) is 9.78 Å². The third-order valence-corrected chi connectivity index (χ3v) is 1.90. The second-order valence-electron chi connectivity index (χ2n) is 2.91. The molecule has 0 aliphatic carbocycles. The normalized spacial score (nSPS) is 12.2. The number of nitrogens with zero attached hydrogens (tertiary/aromatic N) is 1. The van der Waals surface area contributed by atoms with Gasteiger partial charge in [0.1, 0.15) is 0 Å². The van der Waals surface area contributed by atoms with Crippen molar-refractivity contribution in [3.05, 3.63) is 29.0 Å². The first-order valence-corrected chi connectivity index (χ1v) is 4.55. The summed E-state index contributed by atoms with van der Waals surface area (Å²) in [5, 5.41) is 11.8. The Hall–Kier alpha value is -1.13. The molecular formula is C9H11ClN2O2. The minimum atomic E-state index is -0.575. The zero-order chi connectivity index (χ0) is 10.6. The first-order valence-electron chi connectivity index (χ1n) is 4.17. The molecule has 2 N–H and O–H groups in total. The van der Waals surface area contributed by atoms with Crippen molar-refractivity contribution in [3.63, 3.8) is 0 Å². The summed E-state index contributed by atoms with van der Waals surface area (Å²) >= 11 is 5.77. The first-order chi connectivity index (χ1) is 6.61. The molecule has 0 aromatic carbocycles. The van der Waals surface area contributed by atoms with Gasteiger partial charge in [0.15, 0.2) is 0 Å². The lowest BCUT2D eigenvalue weighted by molar-refractivity contribution is 0.0924. The fourth-order valence-electron chi connectivity index (χ4n) is 0.880. The number of aliphatic hydroxyl groups excluding tert-OH is 1. The quantitative estimate of drug-likeness (QED) is 0.784. The fourth-order valence-corrected chi connectivity index (χ4v) is 1.07. The maximum absolute atomic E-state index is 11.4. The van der Waals surface area contributed by atoms with Crippen LogP contribution in [0, 0.1) is 0 Å². The number of hydrogen-bond donors (Lipinski definition) is 2. The molecule has 0 saturated heterocycles. The van der Waals surface area contributed by atoms with Crippen molar-refractivity contribution in [3.8, 4) is 0 Å². The van der Waals surface area contributed by atoms with Crippen molar-refractivity contribution < 1.29 is 9.90 Å². The van der Waals surface area contributed by atoms with Gasteiger partial charge in [0.2, 0.25) is 0 Å². The first kappa shape index (κ1) is 10.9. The average Bonchev–Trinajstić information content (AvgIpc) is 2.15. The number of halogens is 1. The molecule has 5 heteroatoms. The summed E-state index contributed by atoms with van der Waals surface area (Å²) in [5.74, 6) is -0.330. The van der Waals surface area contributed by atoms with Crippen LogP contribution in [-0.2, 0) is 0 Å². The Morgan fingerprint density at radius 2 is 2.50 bits per heavy atom. The van der Waals surface area contributed by atoms with Crippen molar-refractivity contribution in [1.82, 2.24) is 10.3 Å². The highest BCUT2D eigenvalue weighted by Gasteiger charge is 2.09. The number of hydrogen-bond acceptors (Lipinski definition) is 3. The number of carbonyl (C=O) groups excluding carboxylic acids is 1. The molecule has 0 fully saturated rings. The van der Waals surface area contributed by atoms with Crippen LogP contribution < -0.4 is 5.32 Å². The molecular weight excluding hydrogens is 204 g/mol. The summed E-state index contributed by atoms with van der Waals surface area (Å²) in [5.41, 5.74) is 0.315. The van der Waals surface area contributed by atoms with E-state index < -0.39 is 6.10 Å². The van der Waals surface area contributed by atoms with Crippen LogP contribution in [0.1, 0.15) is 17.3 Å². The van der Waals surface area contributed by atoms with Crippen molar-refractivity contribution in [2.75, 3.05) is 6.54 Å². The maximum Gasteiger partial charge on any atom is 0.254 e. The highest BCUT2D eigenvalue weighted by atomic mass is 35.5. The number of carbonyl (C=O) groups is 1. The van der Waals surface area contributed by atoms with Crippen LogP contribution in [0.15, 0.2) is 18.5 Å². The van der Waals surface area contributed by atoms with Crippen LogP contribution in [-0.4, -0.2) is 28.6 Å². The Labute approximate surface area is 86.9 Å². The molecule has 1 amide bonds. The molecule has 14 heavy (non-hydrogen) atoms. The monoisotopic (exact) mass is 214 g/mol. The predicted octanol–water partition coefficient (Wildman–Crippen LogP) is 0.846. The second kappa shape index (κ2) is 4.93. The Morgan fingerprint density at radius 3 is 3.07 bits per heavy atom. The topological polar surface area (TPSA) is 62.2 Å². The van der Waals surface area contributed by atoms with Gasteiger partial charge in [0.05, 0.1) is 16.7 Å². The van der Waals surface area contributed by atoms with Crippen molar-refractivity contribution >= 4 is 17.5 Å². The van der Waals surface area contributed by atoms with Crippen LogP contribution in [0.3, 0.4) is 0 Å². The molecule has 1 atom stereocenters. The fraction of sp³-hybridized carbons (Fsp3) is 0.333. The Balaban J connectivity index is 2.65. The van der Waals surface area contributed by atoms with Crippen LogP contribution in [0.5, 0.6) is 0 Å². The van der Waals surface area contributed by atoms with E-state index in [2.05, 4.69) is 10.3 Å². The third kappa shape index (κ3) is 2.97. The van der Waals surface area contributed by atoms with E-state index in [0.29, 0.717) is 10.6 Å². The van der Waals surface area contributed by atoms with Gasteiger partial charge in [-0.15, -0.1) is 0 Å². The Bertz CT molecular complexity index is 328. The lowest BCUT2D eigenvalue weighted by Crippen LogP contribution is -2.30. The minimum Gasteiger partial charge on any atom is -0.392 e. The van der Waals surface area contributed by atoms with Gasteiger partial charge in [0, 0.05) is 18.9 Å². The van der Waals surface area contributed by atoms with E-state index in [-0.39, 0.29) is 12.5 Å². The van der Waals surface area contributed by atoms with E-state index in [9.17, 15) is 4.79 Å². The van der Waals surface area contributed by atoms with E-state index in [1.54, 1.807) is 13.0 Å². The molecule has 1 aromatic heterocycles. The molecule has 0 unspecified atom stereocenters. The largest absolute Gasteiger partial charge is 0.392 e. The number of aromatic nitrogens is 1. The molecule has 0 radical (unpaired) electrons. The van der Waals surface area contributed by atoms with E-state index in [0.717, 1.165) is 0 Å². The van der Waals surface area contributed by atoms with Crippen molar-refractivity contribution in [1.29, 1.82) is 0 Å². The minimum absolute atomic E-state index is 0.198. The standard InChI is InChI=1S/C9H11ClN2O2/c1-6(13)4-12-9(14)7-5-11-3-2-8(7)10/h2-3,5-6,13H,4H2,1H3,(H,12,14)/t6-/m0/s1. The third-order valence-electron chi connectivity index (χ3n) is 1.57. The van der Waals surface area contributed by atoms with Crippen LogP contribution in [0.4, 0.5) is 0 Å². The predicted molar refractivity (Wildman–Crippen MR) is 53.3 cm³/mol.